The van der Waals surface area contributed by atoms with E-state index in [9.17, 15) is 0 Å². The van der Waals surface area contributed by atoms with Crippen molar-refractivity contribution in [3.8, 4) is 34.2 Å². The van der Waals surface area contributed by atoms with E-state index in [0.29, 0.717) is 5.71 Å². The SMILES string of the molecule is c1ccc2cc3c(cc2c1)c1ccccc1n3-c1nc2oc3ccccc3c2nc1-c1cccc2c1sc1ccccc12.c1ccc2cc3c(cc2c1)c1ccccc1n3-c1nc2sc3ccccc3c2nc1-c1cccc2c1sc1ccccc12. The summed E-state index contributed by atoms with van der Waals surface area (Å²) in [4.78, 5) is 22.7. The second-order valence-corrected chi connectivity index (χ2v) is 25.1. The Morgan fingerprint density at radius 1 is 0.291 bits per heavy atom. The van der Waals surface area contributed by atoms with Gasteiger partial charge in [0.05, 0.1) is 22.1 Å². The highest BCUT2D eigenvalue weighted by Gasteiger charge is 2.26. The molecular formula is C76H42N6OS3. The zero-order valence-electron chi connectivity index (χ0n) is 45.6. The first-order valence-corrected chi connectivity index (χ1v) is 31.1. The molecule has 8 heterocycles. The predicted molar refractivity (Wildman–Crippen MR) is 365 cm³/mol. The van der Waals surface area contributed by atoms with Crippen molar-refractivity contribution in [1.82, 2.24) is 29.1 Å². The Labute approximate surface area is 501 Å². The number of furan rings is 1. The second kappa shape index (κ2) is 18.4. The fourth-order valence-corrected chi connectivity index (χ4v) is 16.8. The summed E-state index contributed by atoms with van der Waals surface area (Å²) in [5, 5.41) is 16.8. The maximum Gasteiger partial charge on any atom is 0.248 e. The van der Waals surface area contributed by atoms with Crippen molar-refractivity contribution in [3.05, 3.63) is 255 Å². The van der Waals surface area contributed by atoms with Crippen LogP contribution in [0, 0.1) is 0 Å². The van der Waals surface area contributed by atoms with Gasteiger partial charge < -0.3 is 4.42 Å². The summed E-state index contributed by atoms with van der Waals surface area (Å²) in [5.41, 5.74) is 11.4. The van der Waals surface area contributed by atoms with Crippen LogP contribution in [0.1, 0.15) is 0 Å². The molecule has 20 aromatic rings. The van der Waals surface area contributed by atoms with Crippen molar-refractivity contribution in [3.63, 3.8) is 0 Å². The normalized spacial score (nSPS) is 12.2. The molecule has 0 amide bonds. The summed E-state index contributed by atoms with van der Waals surface area (Å²) >= 11 is 5.36. The molecule has 0 aliphatic carbocycles. The summed E-state index contributed by atoms with van der Waals surface area (Å²) in [5.74, 6) is 1.63. The molecule has 12 aromatic carbocycles. The molecule has 0 unspecified atom stereocenters. The number of hydrogen-bond donors (Lipinski definition) is 0. The van der Waals surface area contributed by atoms with Crippen LogP contribution in [0.4, 0.5) is 0 Å². The fourth-order valence-electron chi connectivity index (χ4n) is 13.3. The number of benzene rings is 12. The summed E-state index contributed by atoms with van der Waals surface area (Å²) < 4.78 is 17.1. The van der Waals surface area contributed by atoms with Gasteiger partial charge in [0, 0.05) is 88.5 Å². The van der Waals surface area contributed by atoms with Gasteiger partial charge in [-0.2, -0.15) is 4.98 Å². The highest BCUT2D eigenvalue weighted by atomic mass is 32.1. The topological polar surface area (TPSA) is 74.6 Å². The molecule has 0 spiro atoms. The zero-order chi connectivity index (χ0) is 56.1. The van der Waals surface area contributed by atoms with Crippen LogP contribution >= 0.6 is 34.0 Å². The van der Waals surface area contributed by atoms with Crippen LogP contribution in [0.25, 0.3) is 182 Å². The van der Waals surface area contributed by atoms with E-state index in [2.05, 4.69) is 246 Å². The number of thiophene rings is 3. The van der Waals surface area contributed by atoms with E-state index in [-0.39, 0.29) is 0 Å². The Hall–Kier alpha value is -10.6. The first-order valence-electron chi connectivity index (χ1n) is 28.7. The van der Waals surface area contributed by atoms with E-state index in [1.54, 1.807) is 11.3 Å². The minimum absolute atomic E-state index is 0.537. The van der Waals surface area contributed by atoms with Gasteiger partial charge in [0.15, 0.2) is 11.6 Å². The average Bonchev–Trinajstić information content (AvgIpc) is 2.34. The molecule has 0 aliphatic heterocycles. The average molecular weight is 1150 g/mol. The summed E-state index contributed by atoms with van der Waals surface area (Å²) in [6.07, 6.45) is 0. The molecule has 400 valence electrons. The van der Waals surface area contributed by atoms with Crippen molar-refractivity contribution >= 4 is 182 Å². The maximum absolute atomic E-state index is 6.33. The molecule has 7 nitrogen and oxygen atoms in total. The zero-order valence-corrected chi connectivity index (χ0v) is 48.0. The second-order valence-electron chi connectivity index (χ2n) is 22.0. The van der Waals surface area contributed by atoms with Crippen molar-refractivity contribution in [2.24, 2.45) is 0 Å². The van der Waals surface area contributed by atoms with E-state index in [0.717, 1.165) is 88.4 Å². The smallest absolute Gasteiger partial charge is 0.248 e. The van der Waals surface area contributed by atoms with E-state index < -0.39 is 0 Å². The first kappa shape index (κ1) is 47.8. The van der Waals surface area contributed by atoms with Gasteiger partial charge in [0.25, 0.3) is 0 Å². The first-order chi connectivity index (χ1) is 42.6. The Morgan fingerprint density at radius 3 is 1.27 bits per heavy atom. The monoisotopic (exact) mass is 1150 g/mol. The van der Waals surface area contributed by atoms with Gasteiger partial charge in [-0.05, 0) is 88.3 Å². The molecule has 0 bridgehead atoms. The molecule has 0 saturated heterocycles. The molecule has 0 radical (unpaired) electrons. The molecule has 86 heavy (non-hydrogen) atoms. The fraction of sp³-hybridized carbons (Fsp3) is 0. The van der Waals surface area contributed by atoms with Gasteiger partial charge >= 0.3 is 0 Å². The molecule has 0 N–H and O–H groups in total. The number of hydrogen-bond acceptors (Lipinski definition) is 8. The molecule has 0 aliphatic rings. The number of nitrogens with zero attached hydrogens (tertiary/aromatic N) is 6. The standard InChI is InChI=1S/C38H21N3OS.C38H21N3S2/c1-2-11-23-21-31-29(20-22(23)10-1)24-12-3-6-17-30(24)41(31)37-34(39-35-27-14-4-7-18-32(27)42-38(35)40-37)28-16-9-15-26-25-13-5-8-19-33(25)43-36(26)28;1-2-11-23-21-31-29(20-22(23)10-1)24-12-3-6-17-30(24)41(31)37-34(39-35-27-14-5-8-19-33(27)43-38(35)40-37)28-16-9-15-26-25-13-4-7-18-32(25)42-36(26)28/h2*1-21H. The minimum atomic E-state index is 0.537. The molecule has 0 atom stereocenters. The number of rotatable bonds is 4. The van der Waals surface area contributed by atoms with Crippen molar-refractivity contribution < 1.29 is 4.42 Å². The third kappa shape index (κ3) is 7.06. The van der Waals surface area contributed by atoms with Gasteiger partial charge in [-0.15, -0.1) is 34.0 Å². The van der Waals surface area contributed by atoms with Crippen molar-refractivity contribution in [1.29, 1.82) is 0 Å². The van der Waals surface area contributed by atoms with Gasteiger partial charge in [-0.25, -0.2) is 15.0 Å². The summed E-state index contributed by atoms with van der Waals surface area (Å²) in [7, 11) is 0. The van der Waals surface area contributed by atoms with E-state index >= 15 is 0 Å². The van der Waals surface area contributed by atoms with Crippen LogP contribution < -0.4 is 0 Å². The summed E-state index contributed by atoms with van der Waals surface area (Å²) in [6, 6.07) is 90.6. The Bertz CT molecular complexity index is 5870. The molecule has 0 saturated carbocycles. The highest BCUT2D eigenvalue weighted by Crippen LogP contribution is 2.47. The highest BCUT2D eigenvalue weighted by molar-refractivity contribution is 7.27. The van der Waals surface area contributed by atoms with Crippen LogP contribution in [0.3, 0.4) is 0 Å². The predicted octanol–water partition coefficient (Wildman–Crippen LogP) is 21.8. The third-order valence-electron chi connectivity index (χ3n) is 17.2. The summed E-state index contributed by atoms with van der Waals surface area (Å²) in [6.45, 7) is 0. The van der Waals surface area contributed by atoms with Crippen LogP contribution in [-0.2, 0) is 0 Å². The van der Waals surface area contributed by atoms with Gasteiger partial charge in [-0.3, -0.25) is 9.13 Å². The third-order valence-corrected chi connectivity index (χ3v) is 20.7. The van der Waals surface area contributed by atoms with Crippen molar-refractivity contribution in [2.45, 2.75) is 0 Å². The lowest BCUT2D eigenvalue weighted by Gasteiger charge is -2.13. The Morgan fingerprint density at radius 2 is 0.709 bits per heavy atom. The van der Waals surface area contributed by atoms with Gasteiger partial charge in [0.1, 0.15) is 32.8 Å². The molecular weight excluding hydrogens is 1110 g/mol. The molecule has 8 aromatic heterocycles. The molecule has 20 rings (SSSR count). The lowest BCUT2D eigenvalue weighted by molar-refractivity contribution is 0.652. The number of fused-ring (bicyclic) bond motifs is 20. The van der Waals surface area contributed by atoms with Crippen LogP contribution in [0.2, 0.25) is 0 Å². The maximum atomic E-state index is 6.33. The van der Waals surface area contributed by atoms with Crippen LogP contribution in [-0.4, -0.2) is 29.1 Å². The Balaban J connectivity index is 0.000000126. The Kier molecular flexibility index (Phi) is 10.3. The molecule has 0 fully saturated rings. The van der Waals surface area contributed by atoms with Gasteiger partial charge in [0.2, 0.25) is 5.71 Å². The quantitative estimate of drug-likeness (QED) is 0.176. The van der Waals surface area contributed by atoms with Crippen LogP contribution in [0.5, 0.6) is 0 Å². The van der Waals surface area contributed by atoms with E-state index in [1.165, 1.54) is 88.1 Å². The molecule has 10 heteroatoms. The van der Waals surface area contributed by atoms with Gasteiger partial charge in [-0.1, -0.05) is 188 Å². The van der Waals surface area contributed by atoms with E-state index in [1.807, 2.05) is 40.9 Å². The van der Waals surface area contributed by atoms with Crippen LogP contribution in [0.15, 0.2) is 259 Å². The van der Waals surface area contributed by atoms with Crippen molar-refractivity contribution in [2.75, 3.05) is 0 Å². The number of para-hydroxylation sites is 3. The largest absolute Gasteiger partial charge is 0.436 e. The minimum Gasteiger partial charge on any atom is -0.436 e. The number of aromatic nitrogens is 6. The lowest BCUT2D eigenvalue weighted by atomic mass is 10.1. The van der Waals surface area contributed by atoms with E-state index in [4.69, 9.17) is 24.4 Å². The lowest BCUT2D eigenvalue weighted by Crippen LogP contribution is -2.03.